The first-order chi connectivity index (χ1) is 16.3. The first-order valence-corrected chi connectivity index (χ1v) is 11.1. The highest BCUT2D eigenvalue weighted by molar-refractivity contribution is 5.71. The van der Waals surface area contributed by atoms with Crippen LogP contribution in [-0.2, 0) is 5.54 Å². The van der Waals surface area contributed by atoms with Gasteiger partial charge in [-0.15, -0.1) is 0 Å². The van der Waals surface area contributed by atoms with Crippen LogP contribution in [-0.4, -0.2) is 19.3 Å². The molecule has 0 spiro atoms. The molecule has 0 saturated carbocycles. The van der Waals surface area contributed by atoms with Crippen molar-refractivity contribution in [1.29, 1.82) is 5.26 Å². The monoisotopic (exact) mass is 450 g/mol. The van der Waals surface area contributed by atoms with E-state index in [-0.39, 0.29) is 11.4 Å². The summed E-state index contributed by atoms with van der Waals surface area (Å²) in [5.74, 6) is 0.279. The van der Waals surface area contributed by atoms with Crippen LogP contribution in [0.2, 0.25) is 0 Å². The molecule has 0 saturated heterocycles. The van der Waals surface area contributed by atoms with Gasteiger partial charge in [-0.3, -0.25) is 0 Å². The van der Waals surface area contributed by atoms with Gasteiger partial charge in [-0.1, -0.05) is 42.0 Å². The van der Waals surface area contributed by atoms with Crippen molar-refractivity contribution >= 4 is 0 Å². The summed E-state index contributed by atoms with van der Waals surface area (Å²) < 4.78 is 9.88. The second-order valence-electron chi connectivity index (χ2n) is 9.50. The predicted molar refractivity (Wildman–Crippen MR) is 130 cm³/mol. The predicted octanol–water partition coefficient (Wildman–Crippen LogP) is 5.02. The van der Waals surface area contributed by atoms with Crippen LogP contribution in [0.3, 0.4) is 0 Å². The number of allylic oxidation sites excluding steroid dienone is 1. The maximum absolute atomic E-state index is 10.1. The fraction of sp³-hybridized carbons (Fsp3) is 0.222. The Morgan fingerprint density at radius 2 is 1.76 bits per heavy atom. The van der Waals surface area contributed by atoms with Gasteiger partial charge < -0.3 is 15.0 Å². The molecule has 7 nitrogen and oxygen atoms in total. The Kier molecular flexibility index (Phi) is 5.02. The number of rotatable bonds is 3. The van der Waals surface area contributed by atoms with E-state index in [1.54, 1.807) is 12.5 Å². The fourth-order valence-corrected chi connectivity index (χ4v) is 4.30. The smallest absolute Gasteiger partial charge is 0.225 e. The van der Waals surface area contributed by atoms with Crippen molar-refractivity contribution in [3.63, 3.8) is 0 Å². The lowest BCUT2D eigenvalue weighted by atomic mass is 9.83. The number of fused-ring (bicyclic) bond motifs is 1. The number of nitriles is 1. The van der Waals surface area contributed by atoms with Crippen molar-refractivity contribution in [3.05, 3.63) is 95.4 Å². The van der Waals surface area contributed by atoms with Crippen LogP contribution in [0.15, 0.2) is 78.7 Å². The Hall–Kier alpha value is -4.31. The van der Waals surface area contributed by atoms with Crippen molar-refractivity contribution < 1.29 is 4.74 Å². The fourth-order valence-electron chi connectivity index (χ4n) is 4.30. The maximum atomic E-state index is 10.1. The first kappa shape index (κ1) is 21.5. The molecule has 3 heterocycles. The van der Waals surface area contributed by atoms with Gasteiger partial charge in [0.15, 0.2) is 0 Å². The third kappa shape index (κ3) is 3.54. The van der Waals surface area contributed by atoms with Gasteiger partial charge in [0, 0.05) is 23.6 Å². The van der Waals surface area contributed by atoms with Crippen LogP contribution in [0, 0.1) is 18.3 Å². The quantitative estimate of drug-likeness (QED) is 0.473. The van der Waals surface area contributed by atoms with Crippen LogP contribution in [0.4, 0.5) is 0 Å². The molecule has 0 fully saturated rings. The number of imidazole rings is 1. The summed E-state index contributed by atoms with van der Waals surface area (Å²) in [6.45, 7) is 8.25. The van der Waals surface area contributed by atoms with Gasteiger partial charge in [0.2, 0.25) is 11.8 Å². The highest BCUT2D eigenvalue weighted by Gasteiger charge is 2.39. The number of hydrogen-bond donors (Lipinski definition) is 1. The van der Waals surface area contributed by atoms with Crippen molar-refractivity contribution in [2.24, 2.45) is 5.73 Å². The Balaban J connectivity index is 1.74. The van der Waals surface area contributed by atoms with Crippen molar-refractivity contribution in [2.45, 2.75) is 39.2 Å². The third-order valence-electron chi connectivity index (χ3n) is 6.04. The molecule has 1 aliphatic heterocycles. The summed E-state index contributed by atoms with van der Waals surface area (Å²) in [5.41, 5.74) is 12.0. The summed E-state index contributed by atoms with van der Waals surface area (Å²) in [7, 11) is 0. The molecule has 34 heavy (non-hydrogen) atoms. The number of benzene rings is 2. The van der Waals surface area contributed by atoms with Crippen LogP contribution in [0.25, 0.3) is 16.9 Å². The average Bonchev–Trinajstić information content (AvgIpc) is 3.47. The zero-order chi connectivity index (χ0) is 24.0. The second kappa shape index (κ2) is 7.92. The lowest BCUT2D eigenvalue weighted by Crippen LogP contribution is -2.27. The highest BCUT2D eigenvalue weighted by atomic mass is 16.5. The molecule has 2 aromatic carbocycles. The highest BCUT2D eigenvalue weighted by Crippen LogP contribution is 2.48. The third-order valence-corrected chi connectivity index (χ3v) is 6.04. The number of aryl methyl sites for hydroxylation is 1. The minimum absolute atomic E-state index is 0.111. The molecule has 4 aromatic rings. The van der Waals surface area contributed by atoms with Gasteiger partial charge in [0.1, 0.15) is 17.3 Å². The molecule has 5 rings (SSSR count). The van der Waals surface area contributed by atoms with Crippen LogP contribution < -0.4 is 10.5 Å². The summed E-state index contributed by atoms with van der Waals surface area (Å²) in [6, 6.07) is 18.6. The van der Waals surface area contributed by atoms with Gasteiger partial charge in [0.25, 0.3) is 0 Å². The molecule has 2 N–H and O–H groups in total. The number of nitrogens with zero attached hydrogens (tertiary/aromatic N) is 5. The number of aromatic nitrogens is 4. The molecule has 1 unspecified atom stereocenters. The van der Waals surface area contributed by atoms with Gasteiger partial charge in [-0.2, -0.15) is 10.4 Å². The van der Waals surface area contributed by atoms with Crippen LogP contribution in [0.1, 0.15) is 43.4 Å². The van der Waals surface area contributed by atoms with E-state index in [2.05, 4.69) is 63.0 Å². The molecular weight excluding hydrogens is 424 g/mol. The van der Waals surface area contributed by atoms with E-state index in [0.29, 0.717) is 11.5 Å². The van der Waals surface area contributed by atoms with Crippen LogP contribution >= 0.6 is 0 Å². The normalized spacial score (nSPS) is 15.6. The van der Waals surface area contributed by atoms with Gasteiger partial charge in [-0.05, 0) is 45.4 Å². The zero-order valence-electron chi connectivity index (χ0n) is 19.6. The topological polar surface area (TPSA) is 94.7 Å². The van der Waals surface area contributed by atoms with E-state index >= 15 is 0 Å². The maximum Gasteiger partial charge on any atom is 0.225 e. The number of nitrogens with two attached hydrogens (primary N) is 1. The molecule has 0 amide bonds. The SMILES string of the molecule is Cc1ccc(-c2nn(C(C)(C)C)c3c2C(c2ccc(-n4ccnc4)cc2)C(C#N)=C(N)O3)cc1. The molecule has 1 aliphatic rings. The number of hydrogen-bond acceptors (Lipinski definition) is 5. The first-order valence-electron chi connectivity index (χ1n) is 11.1. The number of ether oxygens (including phenoxy) is 1. The van der Waals surface area contributed by atoms with E-state index in [0.717, 1.165) is 33.6 Å². The zero-order valence-corrected chi connectivity index (χ0v) is 19.6. The summed E-state index contributed by atoms with van der Waals surface area (Å²) >= 11 is 0. The second-order valence-corrected chi connectivity index (χ2v) is 9.50. The van der Waals surface area contributed by atoms with Gasteiger partial charge in [0.05, 0.1) is 23.3 Å². The summed E-state index contributed by atoms with van der Waals surface area (Å²) in [5, 5.41) is 15.1. The molecule has 1 atom stereocenters. The van der Waals surface area contributed by atoms with E-state index in [4.69, 9.17) is 15.6 Å². The van der Waals surface area contributed by atoms with E-state index in [1.165, 1.54) is 0 Å². The summed E-state index contributed by atoms with van der Waals surface area (Å²) in [4.78, 5) is 4.12. The minimum Gasteiger partial charge on any atom is -0.422 e. The Bertz CT molecular complexity index is 1410. The summed E-state index contributed by atoms with van der Waals surface area (Å²) in [6.07, 6.45) is 5.39. The lowest BCUT2D eigenvalue weighted by molar-refractivity contribution is 0.278. The minimum atomic E-state index is -0.405. The largest absolute Gasteiger partial charge is 0.422 e. The molecule has 0 radical (unpaired) electrons. The van der Waals surface area contributed by atoms with Gasteiger partial charge >= 0.3 is 0 Å². The molecular formula is C27H26N6O. The molecule has 0 aliphatic carbocycles. The van der Waals surface area contributed by atoms with Crippen molar-refractivity contribution in [3.8, 4) is 28.9 Å². The van der Waals surface area contributed by atoms with E-state index in [9.17, 15) is 5.26 Å². The van der Waals surface area contributed by atoms with E-state index < -0.39 is 5.92 Å². The van der Waals surface area contributed by atoms with Crippen LogP contribution in [0.5, 0.6) is 5.88 Å². The van der Waals surface area contributed by atoms with Gasteiger partial charge in [-0.25, -0.2) is 9.67 Å². The molecule has 7 heteroatoms. The standard InChI is InChI=1S/C27H26N6O/c1-17-5-7-19(8-6-17)24-23-22(18-9-11-20(12-10-18)32-14-13-30-16-32)21(15-28)25(29)34-26(23)33(31-24)27(2,3)4/h5-14,16,22H,29H2,1-4H3. The Morgan fingerprint density at radius 3 is 2.35 bits per heavy atom. The Morgan fingerprint density at radius 1 is 1.06 bits per heavy atom. The van der Waals surface area contributed by atoms with Crippen molar-refractivity contribution in [1.82, 2.24) is 19.3 Å². The molecule has 2 aromatic heterocycles. The Labute approximate surface area is 198 Å². The van der Waals surface area contributed by atoms with Crippen molar-refractivity contribution in [2.75, 3.05) is 0 Å². The molecule has 0 bridgehead atoms. The van der Waals surface area contributed by atoms with E-state index in [1.807, 2.05) is 39.7 Å². The lowest BCUT2D eigenvalue weighted by Gasteiger charge is -2.28. The molecule has 170 valence electrons. The average molecular weight is 451 g/mol.